The van der Waals surface area contributed by atoms with Crippen LogP contribution in [0.1, 0.15) is 0 Å². The van der Waals surface area contributed by atoms with Crippen molar-refractivity contribution < 1.29 is 112 Å². The first-order chi connectivity index (χ1) is 3.46. The Morgan fingerprint density at radius 1 is 0.700 bits per heavy atom. The van der Waals surface area contributed by atoms with Crippen LogP contribution in [-0.2, 0) is 0 Å². The van der Waals surface area contributed by atoms with Gasteiger partial charge in [-0.1, -0.05) is 44.3 Å². The van der Waals surface area contributed by atoms with Crippen LogP contribution in [0.2, 0.25) is 26.2 Å². The predicted molar refractivity (Wildman–Crippen MR) is 35.0 cm³/mol. The van der Waals surface area contributed by atoms with Gasteiger partial charge in [0.1, 0.15) is 0 Å². The van der Waals surface area contributed by atoms with Crippen molar-refractivity contribution in [2.75, 3.05) is 0 Å². The Balaban J connectivity index is -0.0000000300. The average Bonchev–Trinajstić information content (AvgIpc) is 1.25. The number of hydrogen-bond donors (Lipinski definition) is 0. The molecule has 0 N–H and O–H groups in total. The normalized spacial score (nSPS) is 7.20. The molecular formula is C4H12K2O2Si2. The summed E-state index contributed by atoms with van der Waals surface area (Å²) in [5.41, 5.74) is 0. The Hall–Kier alpha value is 3.63. The van der Waals surface area contributed by atoms with E-state index in [4.69, 9.17) is 0 Å². The van der Waals surface area contributed by atoms with Crippen LogP contribution in [0.25, 0.3) is 0 Å². The van der Waals surface area contributed by atoms with Gasteiger partial charge in [0.2, 0.25) is 0 Å². The maximum absolute atomic E-state index is 9.63. The maximum Gasteiger partial charge on any atom is 1.00 e. The first-order valence-corrected chi connectivity index (χ1v) is 7.22. The van der Waals surface area contributed by atoms with Gasteiger partial charge >= 0.3 is 103 Å². The van der Waals surface area contributed by atoms with E-state index in [1.807, 2.05) is 0 Å². The molecule has 0 unspecified atom stereocenters. The first-order valence-electron chi connectivity index (χ1n) is 2.41. The minimum absolute atomic E-state index is 0. The average molecular weight is 227 g/mol. The van der Waals surface area contributed by atoms with Crippen LogP contribution >= 0.6 is 0 Å². The third-order valence-electron chi connectivity index (χ3n) is 0. The van der Waals surface area contributed by atoms with Gasteiger partial charge in [0.15, 0.2) is 0 Å². The third-order valence-corrected chi connectivity index (χ3v) is 0. The smallest absolute Gasteiger partial charge is 0.861 e. The molecule has 0 atom stereocenters. The Bertz CT molecular complexity index is 34.7. The molecule has 0 spiro atoms. The zero-order valence-corrected chi connectivity index (χ0v) is 16.1. The molecule has 0 fully saturated rings. The van der Waals surface area contributed by atoms with Crippen molar-refractivity contribution in [1.82, 2.24) is 0 Å². The quantitative estimate of drug-likeness (QED) is 0.386. The summed E-state index contributed by atoms with van der Waals surface area (Å²) in [6.45, 7) is 6.85. The van der Waals surface area contributed by atoms with Crippen LogP contribution in [0.4, 0.5) is 0 Å². The van der Waals surface area contributed by atoms with Gasteiger partial charge < -0.3 is 9.59 Å². The topological polar surface area (TPSA) is 46.1 Å². The SMILES string of the molecule is C[Si](C)[O-].C[Si](C)[O-].[K+].[K+]. The third kappa shape index (κ3) is 99.8. The predicted octanol–water partition coefficient (Wildman–Crippen LogP) is -6.80. The fraction of sp³-hybridized carbons (Fsp3) is 1.00. The van der Waals surface area contributed by atoms with Gasteiger partial charge in [-0.15, -0.1) is 0 Å². The van der Waals surface area contributed by atoms with E-state index in [1.165, 1.54) is 0 Å². The van der Waals surface area contributed by atoms with E-state index in [0.717, 1.165) is 0 Å². The van der Waals surface area contributed by atoms with E-state index in [2.05, 4.69) is 0 Å². The van der Waals surface area contributed by atoms with E-state index in [9.17, 15) is 9.59 Å². The van der Waals surface area contributed by atoms with Gasteiger partial charge in [-0.3, -0.25) is 0 Å². The van der Waals surface area contributed by atoms with Crippen molar-refractivity contribution >= 4 is 18.1 Å². The van der Waals surface area contributed by atoms with Crippen molar-refractivity contribution in [3.8, 4) is 0 Å². The Morgan fingerprint density at radius 3 is 0.700 bits per heavy atom. The maximum atomic E-state index is 9.63. The summed E-state index contributed by atoms with van der Waals surface area (Å²) in [4.78, 5) is 19.3. The van der Waals surface area contributed by atoms with Gasteiger partial charge in [-0.05, 0) is 0 Å². The van der Waals surface area contributed by atoms with Crippen LogP contribution in [0.5, 0.6) is 0 Å². The molecule has 10 heavy (non-hydrogen) atoms. The minimum atomic E-state index is -1.13. The molecule has 0 aliphatic heterocycles. The fourth-order valence-corrected chi connectivity index (χ4v) is 0. The molecule has 0 amide bonds. The van der Waals surface area contributed by atoms with Gasteiger partial charge in [-0.2, -0.15) is 0 Å². The Labute approximate surface area is 152 Å². The molecule has 6 heteroatoms. The van der Waals surface area contributed by atoms with Crippen molar-refractivity contribution in [3.05, 3.63) is 0 Å². The summed E-state index contributed by atoms with van der Waals surface area (Å²) in [5, 5.41) is 0. The number of rotatable bonds is 0. The van der Waals surface area contributed by atoms with Crippen LogP contribution in [-0.4, -0.2) is 18.1 Å². The van der Waals surface area contributed by atoms with Crippen molar-refractivity contribution in [2.24, 2.45) is 0 Å². The van der Waals surface area contributed by atoms with Gasteiger partial charge in [0.25, 0.3) is 0 Å². The molecule has 0 aromatic carbocycles. The minimum Gasteiger partial charge on any atom is -0.861 e. The second kappa shape index (κ2) is 18.4. The van der Waals surface area contributed by atoms with E-state index >= 15 is 0 Å². The van der Waals surface area contributed by atoms with Crippen LogP contribution in [0.15, 0.2) is 0 Å². The summed E-state index contributed by atoms with van der Waals surface area (Å²) < 4.78 is 0. The Kier molecular flexibility index (Phi) is 43.2. The summed E-state index contributed by atoms with van der Waals surface area (Å²) in [6.07, 6.45) is 0. The van der Waals surface area contributed by atoms with E-state index in [0.29, 0.717) is 0 Å². The molecule has 50 valence electrons. The second-order valence-electron chi connectivity index (χ2n) is 1.82. The van der Waals surface area contributed by atoms with Crippen molar-refractivity contribution in [1.29, 1.82) is 0 Å². The summed E-state index contributed by atoms with van der Waals surface area (Å²) in [5.74, 6) is 0. The summed E-state index contributed by atoms with van der Waals surface area (Å²) in [6, 6.07) is 0. The summed E-state index contributed by atoms with van der Waals surface area (Å²) >= 11 is 0. The van der Waals surface area contributed by atoms with Crippen LogP contribution in [0.3, 0.4) is 0 Å². The van der Waals surface area contributed by atoms with Crippen LogP contribution < -0.4 is 112 Å². The zero-order valence-electron chi connectivity index (χ0n) is 7.82. The van der Waals surface area contributed by atoms with Gasteiger partial charge in [0.05, 0.1) is 0 Å². The van der Waals surface area contributed by atoms with Crippen LogP contribution in [0, 0.1) is 0 Å². The molecule has 0 saturated carbocycles. The molecule has 0 heterocycles. The molecule has 2 nitrogen and oxygen atoms in total. The van der Waals surface area contributed by atoms with Gasteiger partial charge in [0, 0.05) is 0 Å². The molecule has 0 rings (SSSR count). The first kappa shape index (κ1) is 23.4. The molecule has 2 radical (unpaired) electrons. The molecule has 0 aromatic rings. The van der Waals surface area contributed by atoms with E-state index < -0.39 is 18.1 Å². The van der Waals surface area contributed by atoms with Crippen molar-refractivity contribution in [3.63, 3.8) is 0 Å². The fourth-order valence-electron chi connectivity index (χ4n) is 0. The standard InChI is InChI=1S/2C2H6OSi.2K/c2*1-4(2)3;;/h2*1-2H3;;/q2*-1;2*+1. The Morgan fingerprint density at radius 2 is 0.700 bits per heavy atom. The molecule has 0 aromatic heterocycles. The molecule has 0 bridgehead atoms. The van der Waals surface area contributed by atoms with Gasteiger partial charge in [-0.25, -0.2) is 0 Å². The zero-order chi connectivity index (χ0) is 7.15. The molecule has 0 aliphatic rings. The van der Waals surface area contributed by atoms with Crippen molar-refractivity contribution in [2.45, 2.75) is 26.2 Å². The van der Waals surface area contributed by atoms with E-state index in [-0.39, 0.29) is 103 Å². The van der Waals surface area contributed by atoms with E-state index in [1.54, 1.807) is 26.2 Å². The monoisotopic (exact) mass is 226 g/mol. The largest absolute Gasteiger partial charge is 1.00 e. The molecular weight excluding hydrogens is 214 g/mol. The summed E-state index contributed by atoms with van der Waals surface area (Å²) in [7, 11) is -2.26. The molecule has 0 saturated heterocycles. The number of hydrogen-bond acceptors (Lipinski definition) is 2. The molecule has 0 aliphatic carbocycles. The second-order valence-corrected chi connectivity index (χ2v) is 5.45.